The first-order valence-corrected chi connectivity index (χ1v) is 7.35. The van der Waals surface area contributed by atoms with Crippen molar-refractivity contribution < 1.29 is 18.3 Å². The molecule has 0 saturated carbocycles. The molecule has 0 aliphatic carbocycles. The molecule has 0 aliphatic heterocycles. The fourth-order valence-corrected chi connectivity index (χ4v) is 2.41. The molecule has 0 bridgehead atoms. The Morgan fingerprint density at radius 3 is 2.68 bits per heavy atom. The third-order valence-corrected chi connectivity index (χ3v) is 3.82. The molecule has 0 amide bonds. The number of rotatable bonds is 7. The lowest BCUT2D eigenvalue weighted by atomic mass is 10.2. The maximum Gasteiger partial charge on any atom is 0.335 e. The first-order chi connectivity index (χ1) is 8.85. The van der Waals surface area contributed by atoms with E-state index in [1.807, 2.05) is 0 Å². The molecule has 1 rings (SSSR count). The van der Waals surface area contributed by atoms with Crippen molar-refractivity contribution in [3.63, 3.8) is 0 Å². The highest BCUT2D eigenvalue weighted by molar-refractivity contribution is 7.89. The number of nitrogen functional groups attached to an aromatic ring is 1. The summed E-state index contributed by atoms with van der Waals surface area (Å²) in [5.41, 5.74) is 6.54. The van der Waals surface area contributed by atoms with Crippen LogP contribution in [0.2, 0.25) is 0 Å². The van der Waals surface area contributed by atoms with Gasteiger partial charge in [0, 0.05) is 13.1 Å². The highest BCUT2D eigenvalue weighted by atomic mass is 32.2. The zero-order chi connectivity index (χ0) is 14.5. The largest absolute Gasteiger partial charge is 0.478 e. The first-order valence-electron chi connectivity index (χ1n) is 5.69. The van der Waals surface area contributed by atoms with Gasteiger partial charge in [0.15, 0.2) is 0 Å². The molecule has 0 atom stereocenters. The number of aromatic carboxylic acids is 1. The Balaban J connectivity index is 2.68. The fraction of sp³-hybridized carbons (Fsp3) is 0.364. The second kappa shape index (κ2) is 6.39. The Hall–Kier alpha value is -1.80. The zero-order valence-electron chi connectivity index (χ0n) is 10.5. The van der Waals surface area contributed by atoms with E-state index >= 15 is 0 Å². The van der Waals surface area contributed by atoms with Crippen LogP contribution in [0.1, 0.15) is 17.3 Å². The van der Waals surface area contributed by atoms with Gasteiger partial charge >= 0.3 is 5.97 Å². The summed E-state index contributed by atoms with van der Waals surface area (Å²) in [4.78, 5) is 10.8. The lowest BCUT2D eigenvalue weighted by Gasteiger charge is -2.10. The molecule has 7 nitrogen and oxygen atoms in total. The number of carboxylic acid groups (broad SMARTS) is 1. The maximum absolute atomic E-state index is 11.4. The molecular weight excluding hydrogens is 270 g/mol. The van der Waals surface area contributed by atoms with Crippen LogP contribution in [0.3, 0.4) is 0 Å². The third kappa shape index (κ3) is 4.76. The van der Waals surface area contributed by atoms with E-state index in [0.717, 1.165) is 0 Å². The van der Waals surface area contributed by atoms with E-state index in [2.05, 4.69) is 10.0 Å². The van der Waals surface area contributed by atoms with E-state index in [0.29, 0.717) is 17.9 Å². The molecule has 106 valence electrons. The van der Waals surface area contributed by atoms with Crippen LogP contribution in [0.4, 0.5) is 11.4 Å². The minimum absolute atomic E-state index is 0.0891. The average molecular weight is 287 g/mol. The Bertz CT molecular complexity index is 557. The van der Waals surface area contributed by atoms with Crippen molar-refractivity contribution in [3.8, 4) is 0 Å². The van der Waals surface area contributed by atoms with E-state index in [4.69, 9.17) is 10.8 Å². The number of benzene rings is 1. The van der Waals surface area contributed by atoms with Gasteiger partial charge in [-0.2, -0.15) is 0 Å². The predicted molar refractivity (Wildman–Crippen MR) is 73.8 cm³/mol. The van der Waals surface area contributed by atoms with Gasteiger partial charge in [0.1, 0.15) is 0 Å². The molecule has 0 spiro atoms. The minimum Gasteiger partial charge on any atom is -0.478 e. The number of carbonyl (C=O) groups is 1. The van der Waals surface area contributed by atoms with Gasteiger partial charge < -0.3 is 16.2 Å². The average Bonchev–Trinajstić information content (AvgIpc) is 2.30. The highest BCUT2D eigenvalue weighted by Crippen LogP contribution is 2.19. The molecule has 0 heterocycles. The van der Waals surface area contributed by atoms with Crippen LogP contribution in [-0.2, 0) is 10.0 Å². The summed E-state index contributed by atoms with van der Waals surface area (Å²) in [6.45, 7) is 2.17. The van der Waals surface area contributed by atoms with Crippen molar-refractivity contribution in [2.45, 2.75) is 6.92 Å². The van der Waals surface area contributed by atoms with Crippen LogP contribution in [0.15, 0.2) is 18.2 Å². The van der Waals surface area contributed by atoms with Crippen LogP contribution < -0.4 is 15.8 Å². The van der Waals surface area contributed by atoms with Crippen LogP contribution in [-0.4, -0.2) is 38.3 Å². The summed E-state index contributed by atoms with van der Waals surface area (Å²) >= 11 is 0. The van der Waals surface area contributed by atoms with E-state index < -0.39 is 16.0 Å². The summed E-state index contributed by atoms with van der Waals surface area (Å²) in [6.07, 6.45) is 0. The molecule has 0 saturated heterocycles. The lowest BCUT2D eigenvalue weighted by Crippen LogP contribution is -2.29. The Morgan fingerprint density at radius 2 is 2.11 bits per heavy atom. The maximum atomic E-state index is 11.4. The molecule has 5 N–H and O–H groups in total. The lowest BCUT2D eigenvalue weighted by molar-refractivity contribution is 0.0697. The SMILES string of the molecule is CCNS(=O)(=O)CCNc1cc(C(=O)O)ccc1N. The predicted octanol–water partition coefficient (Wildman–Crippen LogP) is 0.318. The summed E-state index contributed by atoms with van der Waals surface area (Å²) < 4.78 is 25.2. The fourth-order valence-electron chi connectivity index (χ4n) is 1.45. The highest BCUT2D eigenvalue weighted by Gasteiger charge is 2.10. The van der Waals surface area contributed by atoms with Crippen molar-refractivity contribution in [3.05, 3.63) is 23.8 Å². The number of nitrogens with two attached hydrogens (primary N) is 1. The van der Waals surface area contributed by atoms with Crippen LogP contribution in [0.5, 0.6) is 0 Å². The summed E-state index contributed by atoms with van der Waals surface area (Å²) in [5.74, 6) is -1.18. The van der Waals surface area contributed by atoms with Crippen LogP contribution in [0.25, 0.3) is 0 Å². The van der Waals surface area contributed by atoms with Crippen molar-refractivity contribution in [2.24, 2.45) is 0 Å². The minimum atomic E-state index is -3.31. The number of anilines is 2. The van der Waals surface area contributed by atoms with Crippen LogP contribution >= 0.6 is 0 Å². The number of hydrogen-bond acceptors (Lipinski definition) is 5. The van der Waals surface area contributed by atoms with Gasteiger partial charge in [0.2, 0.25) is 10.0 Å². The normalized spacial score (nSPS) is 11.2. The summed E-state index contributed by atoms with van der Waals surface area (Å²) in [7, 11) is -3.31. The second-order valence-electron chi connectivity index (χ2n) is 3.85. The van der Waals surface area contributed by atoms with Gasteiger partial charge in [-0.15, -0.1) is 0 Å². The molecule has 0 aliphatic rings. The summed E-state index contributed by atoms with van der Waals surface area (Å²) in [6, 6.07) is 4.22. The molecule has 0 unspecified atom stereocenters. The molecule has 0 radical (unpaired) electrons. The van der Waals surface area contributed by atoms with Crippen molar-refractivity contribution in [1.82, 2.24) is 4.72 Å². The topological polar surface area (TPSA) is 122 Å². The molecule has 1 aromatic carbocycles. The Morgan fingerprint density at radius 1 is 1.42 bits per heavy atom. The number of nitrogens with one attached hydrogen (secondary N) is 2. The smallest absolute Gasteiger partial charge is 0.335 e. The van der Waals surface area contributed by atoms with Crippen molar-refractivity contribution in [2.75, 3.05) is 29.9 Å². The molecule has 0 fully saturated rings. The summed E-state index contributed by atoms with van der Waals surface area (Å²) in [5, 5.41) is 11.7. The second-order valence-corrected chi connectivity index (χ2v) is 5.78. The van der Waals surface area contributed by atoms with E-state index in [-0.39, 0.29) is 17.9 Å². The zero-order valence-corrected chi connectivity index (χ0v) is 11.3. The number of sulfonamides is 1. The first kappa shape index (κ1) is 15.3. The van der Waals surface area contributed by atoms with Crippen LogP contribution in [0, 0.1) is 0 Å². The van der Waals surface area contributed by atoms with E-state index in [1.54, 1.807) is 6.92 Å². The Labute approximate surface area is 111 Å². The van der Waals surface area contributed by atoms with E-state index in [9.17, 15) is 13.2 Å². The van der Waals surface area contributed by atoms with Gasteiger partial charge in [-0.3, -0.25) is 0 Å². The van der Waals surface area contributed by atoms with Gasteiger partial charge in [-0.05, 0) is 18.2 Å². The molecule has 8 heteroatoms. The number of hydrogen-bond donors (Lipinski definition) is 4. The van der Waals surface area contributed by atoms with Crippen molar-refractivity contribution >= 4 is 27.4 Å². The van der Waals surface area contributed by atoms with Gasteiger partial charge in [0.25, 0.3) is 0 Å². The molecular formula is C11H17N3O4S. The van der Waals surface area contributed by atoms with Gasteiger partial charge in [-0.1, -0.05) is 6.92 Å². The van der Waals surface area contributed by atoms with Crippen molar-refractivity contribution in [1.29, 1.82) is 0 Å². The standard InChI is InChI=1S/C11H17N3O4S/c1-2-14-19(17,18)6-5-13-10-7-8(11(15)16)3-4-9(10)12/h3-4,7,13-14H,2,5-6,12H2,1H3,(H,15,16). The van der Waals surface area contributed by atoms with E-state index in [1.165, 1.54) is 18.2 Å². The molecule has 1 aromatic rings. The molecule has 19 heavy (non-hydrogen) atoms. The quantitative estimate of drug-likeness (QED) is 0.536. The monoisotopic (exact) mass is 287 g/mol. The third-order valence-electron chi connectivity index (χ3n) is 2.35. The Kier molecular flexibility index (Phi) is 5.13. The van der Waals surface area contributed by atoms with Gasteiger partial charge in [-0.25, -0.2) is 17.9 Å². The molecule has 0 aromatic heterocycles. The van der Waals surface area contributed by atoms with Gasteiger partial charge in [0.05, 0.1) is 22.7 Å². The number of carboxylic acids is 1.